The fourth-order valence-electron chi connectivity index (χ4n) is 2.34. The monoisotopic (exact) mass is 333 g/mol. The van der Waals surface area contributed by atoms with Crippen molar-refractivity contribution < 1.29 is 4.79 Å². The summed E-state index contributed by atoms with van der Waals surface area (Å²) in [5.74, 6) is 0.0656. The van der Waals surface area contributed by atoms with Crippen LogP contribution in [0.15, 0.2) is 41.9 Å². The van der Waals surface area contributed by atoms with E-state index in [9.17, 15) is 4.79 Å². The van der Waals surface area contributed by atoms with Crippen molar-refractivity contribution in [2.75, 3.05) is 6.54 Å². The molecular weight excluding hydrogens is 318 g/mol. The minimum atomic E-state index is 0.0656. The van der Waals surface area contributed by atoms with E-state index in [0.29, 0.717) is 18.0 Å². The summed E-state index contributed by atoms with van der Waals surface area (Å²) >= 11 is 7.74. The number of hydrogen-bond acceptors (Lipinski definition) is 3. The van der Waals surface area contributed by atoms with Crippen molar-refractivity contribution in [2.24, 2.45) is 0 Å². The average molecular weight is 334 g/mol. The molecule has 3 rings (SSSR count). The van der Waals surface area contributed by atoms with E-state index in [2.05, 4.69) is 10.4 Å². The summed E-state index contributed by atoms with van der Waals surface area (Å²) in [6, 6.07) is 9.72. The van der Waals surface area contributed by atoms with Gasteiger partial charge < -0.3 is 5.32 Å². The maximum atomic E-state index is 11.8. The van der Waals surface area contributed by atoms with Crippen LogP contribution in [0.5, 0.6) is 0 Å². The minimum Gasteiger partial charge on any atom is -0.356 e. The van der Waals surface area contributed by atoms with E-state index < -0.39 is 0 Å². The Morgan fingerprint density at radius 1 is 1.32 bits per heavy atom. The Labute approximate surface area is 137 Å². The van der Waals surface area contributed by atoms with Gasteiger partial charge in [-0.2, -0.15) is 5.10 Å². The van der Waals surface area contributed by atoms with Crippen molar-refractivity contribution in [1.82, 2.24) is 15.1 Å². The second kappa shape index (κ2) is 6.94. The summed E-state index contributed by atoms with van der Waals surface area (Å²) in [6.07, 6.45) is 3.07. The normalized spacial score (nSPS) is 11.0. The zero-order valence-corrected chi connectivity index (χ0v) is 13.5. The topological polar surface area (TPSA) is 46.9 Å². The predicted molar refractivity (Wildman–Crippen MR) is 90.4 cm³/mol. The van der Waals surface area contributed by atoms with Crippen LogP contribution in [0, 0.1) is 0 Å². The van der Waals surface area contributed by atoms with Gasteiger partial charge in [-0.25, -0.2) is 0 Å². The van der Waals surface area contributed by atoms with Gasteiger partial charge in [0.15, 0.2) is 0 Å². The first kappa shape index (κ1) is 15.1. The maximum absolute atomic E-state index is 11.8. The Kier molecular flexibility index (Phi) is 4.75. The molecule has 114 valence electrons. The lowest BCUT2D eigenvalue weighted by atomic mass is 10.2. The van der Waals surface area contributed by atoms with E-state index in [1.807, 2.05) is 40.4 Å². The number of thiophene rings is 1. The molecule has 1 aromatic carbocycles. The van der Waals surface area contributed by atoms with Crippen LogP contribution in [0.3, 0.4) is 0 Å². The van der Waals surface area contributed by atoms with Gasteiger partial charge in [-0.15, -0.1) is 11.3 Å². The molecule has 0 unspecified atom stereocenters. The molecule has 4 nitrogen and oxygen atoms in total. The first-order valence-electron chi connectivity index (χ1n) is 7.13. The van der Waals surface area contributed by atoms with Crippen LogP contribution in [-0.4, -0.2) is 22.2 Å². The third kappa shape index (κ3) is 3.48. The lowest BCUT2D eigenvalue weighted by Gasteiger charge is -2.06. The number of aromatic nitrogens is 2. The van der Waals surface area contributed by atoms with Crippen LogP contribution < -0.4 is 5.32 Å². The quantitative estimate of drug-likeness (QED) is 0.702. The van der Waals surface area contributed by atoms with Gasteiger partial charge in [0.1, 0.15) is 0 Å². The summed E-state index contributed by atoms with van der Waals surface area (Å²) in [7, 11) is 0. The molecule has 0 saturated heterocycles. The number of nitrogens with one attached hydrogen (secondary N) is 1. The standard InChI is InChI=1S/C16H16ClN3OS/c17-14-5-1-6-15-13(14)11-19-20(15)8-3-7-18-16(21)10-12-4-2-9-22-12/h1-2,4-6,9,11H,3,7-8,10H2,(H,18,21). The number of rotatable bonds is 6. The zero-order valence-electron chi connectivity index (χ0n) is 12.0. The summed E-state index contributed by atoms with van der Waals surface area (Å²) < 4.78 is 1.92. The average Bonchev–Trinajstić information content (AvgIpc) is 3.14. The highest BCUT2D eigenvalue weighted by molar-refractivity contribution is 7.10. The smallest absolute Gasteiger partial charge is 0.225 e. The van der Waals surface area contributed by atoms with Gasteiger partial charge in [-0.1, -0.05) is 23.7 Å². The van der Waals surface area contributed by atoms with Gasteiger partial charge in [0.25, 0.3) is 0 Å². The molecule has 0 fully saturated rings. The Bertz CT molecular complexity index is 767. The van der Waals surface area contributed by atoms with E-state index in [0.717, 1.165) is 28.7 Å². The van der Waals surface area contributed by atoms with Crippen LogP contribution in [-0.2, 0) is 17.8 Å². The van der Waals surface area contributed by atoms with E-state index in [1.165, 1.54) is 0 Å². The highest BCUT2D eigenvalue weighted by Crippen LogP contribution is 2.22. The van der Waals surface area contributed by atoms with Crippen LogP contribution in [0.2, 0.25) is 5.02 Å². The molecule has 2 aromatic heterocycles. The molecule has 1 N–H and O–H groups in total. The molecule has 3 aromatic rings. The van der Waals surface area contributed by atoms with Gasteiger partial charge in [-0.05, 0) is 30.0 Å². The molecule has 0 atom stereocenters. The molecule has 0 aliphatic heterocycles. The third-order valence-corrected chi connectivity index (χ3v) is 4.62. The van der Waals surface area contributed by atoms with Crippen molar-refractivity contribution in [2.45, 2.75) is 19.4 Å². The first-order chi connectivity index (χ1) is 10.7. The number of amides is 1. The molecule has 0 aliphatic rings. The van der Waals surface area contributed by atoms with Crippen LogP contribution in [0.1, 0.15) is 11.3 Å². The van der Waals surface area contributed by atoms with E-state index in [4.69, 9.17) is 11.6 Å². The fourth-order valence-corrected chi connectivity index (χ4v) is 3.26. The Hall–Kier alpha value is -1.85. The molecule has 6 heteroatoms. The van der Waals surface area contributed by atoms with Crippen molar-refractivity contribution in [3.8, 4) is 0 Å². The number of benzene rings is 1. The SMILES string of the molecule is O=C(Cc1cccs1)NCCCn1ncc2c(Cl)cccc21. The Morgan fingerprint density at radius 2 is 2.23 bits per heavy atom. The van der Waals surface area contributed by atoms with Crippen molar-refractivity contribution >= 4 is 39.7 Å². The number of aryl methyl sites for hydroxylation is 1. The number of fused-ring (bicyclic) bond motifs is 1. The summed E-state index contributed by atoms with van der Waals surface area (Å²) in [5, 5.41) is 11.0. The number of carbonyl (C=O) groups is 1. The van der Waals surface area contributed by atoms with Gasteiger partial charge in [0, 0.05) is 23.4 Å². The van der Waals surface area contributed by atoms with Gasteiger partial charge in [0.05, 0.1) is 23.2 Å². The molecule has 0 radical (unpaired) electrons. The van der Waals surface area contributed by atoms with Crippen LogP contribution >= 0.6 is 22.9 Å². The van der Waals surface area contributed by atoms with Gasteiger partial charge >= 0.3 is 0 Å². The summed E-state index contributed by atoms with van der Waals surface area (Å²) in [6.45, 7) is 1.40. The number of nitrogens with zero attached hydrogens (tertiary/aromatic N) is 2. The van der Waals surface area contributed by atoms with E-state index in [-0.39, 0.29) is 5.91 Å². The van der Waals surface area contributed by atoms with Gasteiger partial charge in [0.2, 0.25) is 5.91 Å². The third-order valence-electron chi connectivity index (χ3n) is 3.42. The Morgan fingerprint density at radius 3 is 3.05 bits per heavy atom. The lowest BCUT2D eigenvalue weighted by Crippen LogP contribution is -2.26. The van der Waals surface area contributed by atoms with Crippen molar-refractivity contribution in [3.05, 3.63) is 51.8 Å². The van der Waals surface area contributed by atoms with E-state index >= 15 is 0 Å². The molecule has 1 amide bonds. The van der Waals surface area contributed by atoms with Crippen molar-refractivity contribution in [1.29, 1.82) is 0 Å². The number of carbonyl (C=O) groups excluding carboxylic acids is 1. The largest absolute Gasteiger partial charge is 0.356 e. The Balaban J connectivity index is 1.48. The predicted octanol–water partition coefficient (Wildman–Crippen LogP) is 3.50. The maximum Gasteiger partial charge on any atom is 0.225 e. The molecule has 0 aliphatic carbocycles. The number of halogens is 1. The van der Waals surface area contributed by atoms with Gasteiger partial charge in [-0.3, -0.25) is 9.48 Å². The lowest BCUT2D eigenvalue weighted by molar-refractivity contribution is -0.120. The second-order valence-corrected chi connectivity index (χ2v) is 6.44. The minimum absolute atomic E-state index is 0.0656. The van der Waals surface area contributed by atoms with Crippen LogP contribution in [0.25, 0.3) is 10.9 Å². The summed E-state index contributed by atoms with van der Waals surface area (Å²) in [5.41, 5.74) is 1.03. The molecule has 22 heavy (non-hydrogen) atoms. The molecule has 0 bridgehead atoms. The van der Waals surface area contributed by atoms with E-state index in [1.54, 1.807) is 17.5 Å². The van der Waals surface area contributed by atoms with Crippen molar-refractivity contribution in [3.63, 3.8) is 0 Å². The van der Waals surface area contributed by atoms with Crippen LogP contribution in [0.4, 0.5) is 0 Å². The molecule has 0 saturated carbocycles. The fraction of sp³-hybridized carbons (Fsp3) is 0.250. The first-order valence-corrected chi connectivity index (χ1v) is 8.39. The summed E-state index contributed by atoms with van der Waals surface area (Å²) in [4.78, 5) is 12.9. The molecule has 0 spiro atoms. The second-order valence-electron chi connectivity index (χ2n) is 5.00. The molecular formula is C16H16ClN3OS. The highest BCUT2D eigenvalue weighted by Gasteiger charge is 2.06. The molecule has 2 heterocycles. The zero-order chi connectivity index (χ0) is 15.4. The highest BCUT2D eigenvalue weighted by atomic mass is 35.5. The number of hydrogen-bond donors (Lipinski definition) is 1.